The number of anilines is 2. The molecule has 0 aromatic heterocycles. The zero-order valence-electron chi connectivity index (χ0n) is 11.3. The Morgan fingerprint density at radius 3 is 2.67 bits per heavy atom. The standard InChI is InChI=1S/C15H14BrClN2O2/c1-19(8-9-2-3-10(16)6-13(9)17)14-5-4-11(18)7-12(14)15(20)21/h2-7H,8,18H2,1H3,(H,20,21). The van der Waals surface area contributed by atoms with Crippen LogP contribution in [0.25, 0.3) is 0 Å². The summed E-state index contributed by atoms with van der Waals surface area (Å²) in [6, 6.07) is 10.5. The van der Waals surface area contributed by atoms with Crippen LogP contribution < -0.4 is 10.6 Å². The number of carboxylic acids is 1. The van der Waals surface area contributed by atoms with E-state index in [4.69, 9.17) is 17.3 Å². The Labute approximate surface area is 136 Å². The summed E-state index contributed by atoms with van der Waals surface area (Å²) in [6.45, 7) is 0.496. The van der Waals surface area contributed by atoms with Gasteiger partial charge in [-0.2, -0.15) is 0 Å². The predicted molar refractivity (Wildman–Crippen MR) is 89.1 cm³/mol. The smallest absolute Gasteiger partial charge is 0.337 e. The molecule has 0 bridgehead atoms. The van der Waals surface area contributed by atoms with Gasteiger partial charge >= 0.3 is 5.97 Å². The minimum atomic E-state index is -1.01. The number of rotatable bonds is 4. The molecule has 0 unspecified atom stereocenters. The van der Waals surface area contributed by atoms with Crippen LogP contribution in [0.5, 0.6) is 0 Å². The average Bonchev–Trinajstić information content (AvgIpc) is 2.41. The Morgan fingerprint density at radius 1 is 1.33 bits per heavy atom. The third-order valence-corrected chi connectivity index (χ3v) is 3.93. The highest BCUT2D eigenvalue weighted by Crippen LogP contribution is 2.27. The fourth-order valence-corrected chi connectivity index (χ4v) is 2.78. The van der Waals surface area contributed by atoms with Gasteiger partial charge < -0.3 is 15.7 Å². The van der Waals surface area contributed by atoms with Crippen molar-refractivity contribution in [3.05, 3.63) is 57.0 Å². The topological polar surface area (TPSA) is 66.6 Å². The largest absolute Gasteiger partial charge is 0.478 e. The minimum absolute atomic E-state index is 0.172. The molecule has 0 amide bonds. The highest BCUT2D eigenvalue weighted by molar-refractivity contribution is 9.10. The van der Waals surface area contributed by atoms with E-state index >= 15 is 0 Å². The van der Waals surface area contributed by atoms with Crippen LogP contribution in [0.2, 0.25) is 5.02 Å². The van der Waals surface area contributed by atoms with E-state index in [2.05, 4.69) is 15.9 Å². The molecule has 2 aromatic carbocycles. The number of hydrogen-bond acceptors (Lipinski definition) is 3. The lowest BCUT2D eigenvalue weighted by molar-refractivity contribution is 0.0697. The molecule has 6 heteroatoms. The molecule has 0 radical (unpaired) electrons. The highest BCUT2D eigenvalue weighted by atomic mass is 79.9. The number of benzene rings is 2. The second-order valence-corrected chi connectivity index (χ2v) is 6.00. The molecule has 0 heterocycles. The SMILES string of the molecule is CN(Cc1ccc(Br)cc1Cl)c1ccc(N)cc1C(=O)O. The van der Waals surface area contributed by atoms with Crippen molar-refractivity contribution in [2.24, 2.45) is 0 Å². The minimum Gasteiger partial charge on any atom is -0.478 e. The molecule has 0 fully saturated rings. The van der Waals surface area contributed by atoms with E-state index in [-0.39, 0.29) is 5.56 Å². The first-order valence-electron chi connectivity index (χ1n) is 6.16. The third kappa shape index (κ3) is 3.68. The third-order valence-electron chi connectivity index (χ3n) is 3.08. The van der Waals surface area contributed by atoms with Crippen molar-refractivity contribution in [2.75, 3.05) is 17.7 Å². The van der Waals surface area contributed by atoms with Gasteiger partial charge in [0.1, 0.15) is 0 Å². The van der Waals surface area contributed by atoms with Crippen LogP contribution in [0.4, 0.5) is 11.4 Å². The number of carbonyl (C=O) groups is 1. The number of aromatic carboxylic acids is 1. The van der Waals surface area contributed by atoms with Crippen LogP contribution >= 0.6 is 27.5 Å². The highest BCUT2D eigenvalue weighted by Gasteiger charge is 2.15. The predicted octanol–water partition coefficient (Wildman–Crippen LogP) is 4.02. The number of nitrogens with zero attached hydrogens (tertiary/aromatic N) is 1. The first-order valence-corrected chi connectivity index (χ1v) is 7.33. The molecule has 3 N–H and O–H groups in total. The zero-order valence-corrected chi connectivity index (χ0v) is 13.6. The fraction of sp³-hybridized carbons (Fsp3) is 0.133. The first kappa shape index (κ1) is 15.7. The van der Waals surface area contributed by atoms with E-state index < -0.39 is 5.97 Å². The summed E-state index contributed by atoms with van der Waals surface area (Å²) in [5.41, 5.74) is 7.75. The molecular formula is C15H14BrClN2O2. The second-order valence-electron chi connectivity index (χ2n) is 4.67. The monoisotopic (exact) mass is 368 g/mol. The van der Waals surface area contributed by atoms with Gasteiger partial charge in [-0.1, -0.05) is 33.6 Å². The number of hydrogen-bond donors (Lipinski definition) is 2. The van der Waals surface area contributed by atoms with Gasteiger partial charge in [0.05, 0.1) is 11.3 Å². The molecule has 0 spiro atoms. The molecule has 110 valence electrons. The summed E-state index contributed by atoms with van der Waals surface area (Å²) < 4.78 is 0.901. The van der Waals surface area contributed by atoms with E-state index in [0.717, 1.165) is 10.0 Å². The first-order chi connectivity index (χ1) is 9.88. The Balaban J connectivity index is 2.32. The Hall–Kier alpha value is -1.72. The van der Waals surface area contributed by atoms with Gasteiger partial charge in [0.2, 0.25) is 0 Å². The van der Waals surface area contributed by atoms with Crippen molar-refractivity contribution in [1.29, 1.82) is 0 Å². The van der Waals surface area contributed by atoms with Crippen LogP contribution in [0.3, 0.4) is 0 Å². The molecule has 2 rings (SSSR count). The van der Waals surface area contributed by atoms with E-state index in [1.807, 2.05) is 30.1 Å². The average molecular weight is 370 g/mol. The molecule has 0 aliphatic rings. The van der Waals surface area contributed by atoms with E-state index in [1.54, 1.807) is 12.1 Å². The zero-order chi connectivity index (χ0) is 15.6. The van der Waals surface area contributed by atoms with E-state index in [9.17, 15) is 9.90 Å². The van der Waals surface area contributed by atoms with Crippen molar-refractivity contribution in [2.45, 2.75) is 6.54 Å². The molecule has 0 aliphatic carbocycles. The van der Waals surface area contributed by atoms with Crippen LogP contribution in [0.1, 0.15) is 15.9 Å². The van der Waals surface area contributed by atoms with Crippen molar-refractivity contribution < 1.29 is 9.90 Å². The number of nitrogen functional groups attached to an aromatic ring is 1. The molecule has 0 atom stereocenters. The van der Waals surface area contributed by atoms with Crippen molar-refractivity contribution >= 4 is 44.9 Å². The summed E-state index contributed by atoms with van der Waals surface area (Å²) in [6.07, 6.45) is 0. The molecule has 0 saturated heterocycles. The van der Waals surface area contributed by atoms with Gasteiger partial charge in [-0.3, -0.25) is 0 Å². The fourth-order valence-electron chi connectivity index (χ4n) is 2.05. The maximum Gasteiger partial charge on any atom is 0.337 e. The maximum atomic E-state index is 11.3. The van der Waals surface area contributed by atoms with Gasteiger partial charge in [-0.15, -0.1) is 0 Å². The summed E-state index contributed by atoms with van der Waals surface area (Å²) >= 11 is 9.55. The quantitative estimate of drug-likeness (QED) is 0.799. The van der Waals surface area contributed by atoms with Crippen molar-refractivity contribution in [1.82, 2.24) is 0 Å². The van der Waals surface area contributed by atoms with Gasteiger partial charge in [-0.25, -0.2) is 4.79 Å². The second kappa shape index (κ2) is 6.37. The maximum absolute atomic E-state index is 11.3. The number of nitrogens with two attached hydrogens (primary N) is 1. The molecule has 0 aliphatic heterocycles. The summed E-state index contributed by atoms with van der Waals surface area (Å²) in [5.74, 6) is -1.01. The lowest BCUT2D eigenvalue weighted by Gasteiger charge is -2.22. The lowest BCUT2D eigenvalue weighted by atomic mass is 10.1. The van der Waals surface area contributed by atoms with Gasteiger partial charge in [-0.05, 0) is 35.9 Å². The van der Waals surface area contributed by atoms with Crippen LogP contribution in [-0.2, 0) is 6.54 Å². The Bertz CT molecular complexity index is 691. The van der Waals surface area contributed by atoms with Gasteiger partial charge in [0, 0.05) is 28.8 Å². The number of halogens is 2. The van der Waals surface area contributed by atoms with Gasteiger partial charge in [0.25, 0.3) is 0 Å². The normalized spacial score (nSPS) is 10.4. The summed E-state index contributed by atoms with van der Waals surface area (Å²) in [7, 11) is 1.82. The molecule has 4 nitrogen and oxygen atoms in total. The van der Waals surface area contributed by atoms with E-state index in [0.29, 0.717) is 22.9 Å². The van der Waals surface area contributed by atoms with Crippen molar-refractivity contribution in [3.63, 3.8) is 0 Å². The van der Waals surface area contributed by atoms with Crippen molar-refractivity contribution in [3.8, 4) is 0 Å². The van der Waals surface area contributed by atoms with E-state index in [1.165, 1.54) is 6.07 Å². The lowest BCUT2D eigenvalue weighted by Crippen LogP contribution is -2.19. The molecular weight excluding hydrogens is 356 g/mol. The molecule has 0 saturated carbocycles. The van der Waals surface area contributed by atoms with Crippen LogP contribution in [0.15, 0.2) is 40.9 Å². The van der Waals surface area contributed by atoms with Crippen LogP contribution in [-0.4, -0.2) is 18.1 Å². The van der Waals surface area contributed by atoms with Gasteiger partial charge in [0.15, 0.2) is 0 Å². The summed E-state index contributed by atoms with van der Waals surface area (Å²) in [5, 5.41) is 9.91. The number of carboxylic acid groups (broad SMARTS) is 1. The molecule has 21 heavy (non-hydrogen) atoms. The molecule has 2 aromatic rings. The Kier molecular flexibility index (Phi) is 4.75. The summed E-state index contributed by atoms with van der Waals surface area (Å²) in [4.78, 5) is 13.2. The Morgan fingerprint density at radius 2 is 2.05 bits per heavy atom. The van der Waals surface area contributed by atoms with Crippen LogP contribution in [0, 0.1) is 0 Å².